The van der Waals surface area contributed by atoms with E-state index in [1.165, 1.54) is 64.2 Å². The lowest BCUT2D eigenvalue weighted by molar-refractivity contribution is 0.0573. The zero-order valence-electron chi connectivity index (χ0n) is 11.5. The summed E-state index contributed by atoms with van der Waals surface area (Å²) in [5.74, 6) is 2.97. The molecular formula is C17H28. The Morgan fingerprint density at radius 1 is 1.06 bits per heavy atom. The molecule has 0 aromatic heterocycles. The van der Waals surface area contributed by atoms with E-state index in [2.05, 4.69) is 13.5 Å². The highest BCUT2D eigenvalue weighted by molar-refractivity contribution is 5.11. The van der Waals surface area contributed by atoms with Gasteiger partial charge in [-0.3, -0.25) is 0 Å². The molecule has 0 aromatic rings. The van der Waals surface area contributed by atoms with Crippen molar-refractivity contribution in [2.24, 2.45) is 23.2 Å². The molecule has 3 aliphatic rings. The zero-order chi connectivity index (χ0) is 11.9. The maximum Gasteiger partial charge on any atom is -0.0177 e. The van der Waals surface area contributed by atoms with E-state index < -0.39 is 0 Å². The Morgan fingerprint density at radius 2 is 1.82 bits per heavy atom. The number of rotatable bonds is 1. The quantitative estimate of drug-likeness (QED) is 0.535. The van der Waals surface area contributed by atoms with Crippen molar-refractivity contribution >= 4 is 0 Å². The maximum absolute atomic E-state index is 4.29. The molecule has 0 radical (unpaired) electrons. The van der Waals surface area contributed by atoms with Gasteiger partial charge in [-0.1, -0.05) is 38.3 Å². The minimum atomic E-state index is 0.702. The minimum absolute atomic E-state index is 0.702. The van der Waals surface area contributed by atoms with Crippen LogP contribution in [-0.4, -0.2) is 0 Å². The third-order valence-corrected chi connectivity index (χ3v) is 6.32. The average Bonchev–Trinajstić information content (AvgIpc) is 2.72. The molecule has 0 nitrogen and oxygen atoms in total. The smallest absolute Gasteiger partial charge is 0.0177 e. The average molecular weight is 232 g/mol. The fourth-order valence-electron chi connectivity index (χ4n) is 5.08. The summed E-state index contributed by atoms with van der Waals surface area (Å²) in [6, 6.07) is 0. The second-order valence-corrected chi connectivity index (χ2v) is 7.29. The largest absolute Gasteiger partial charge is 0.0996 e. The molecule has 0 bridgehead atoms. The molecule has 0 heteroatoms. The molecule has 96 valence electrons. The molecule has 0 spiro atoms. The molecule has 17 heavy (non-hydrogen) atoms. The summed E-state index contributed by atoms with van der Waals surface area (Å²) < 4.78 is 0. The molecule has 3 unspecified atom stereocenters. The number of hydrogen-bond acceptors (Lipinski definition) is 0. The summed E-state index contributed by atoms with van der Waals surface area (Å²) in [6.07, 6.45) is 14.8. The van der Waals surface area contributed by atoms with E-state index >= 15 is 0 Å². The normalized spacial score (nSPS) is 41.2. The maximum atomic E-state index is 4.29. The topological polar surface area (TPSA) is 0 Å². The van der Waals surface area contributed by atoms with Gasteiger partial charge in [0.2, 0.25) is 0 Å². The number of hydrogen-bond donors (Lipinski definition) is 0. The summed E-state index contributed by atoms with van der Waals surface area (Å²) in [4.78, 5) is 0. The summed E-state index contributed by atoms with van der Waals surface area (Å²) in [7, 11) is 0. The first-order valence-corrected chi connectivity index (χ1v) is 7.87. The molecule has 3 rings (SSSR count). The van der Waals surface area contributed by atoms with Crippen molar-refractivity contribution in [2.45, 2.75) is 71.1 Å². The Hall–Kier alpha value is -0.260. The first-order chi connectivity index (χ1) is 8.19. The highest BCUT2D eigenvalue weighted by Crippen LogP contribution is 2.54. The van der Waals surface area contributed by atoms with Crippen LogP contribution in [0.25, 0.3) is 0 Å². The van der Waals surface area contributed by atoms with E-state index in [0.29, 0.717) is 5.41 Å². The van der Waals surface area contributed by atoms with Crippen molar-refractivity contribution in [3.05, 3.63) is 12.2 Å². The third-order valence-electron chi connectivity index (χ3n) is 6.32. The Bertz CT molecular complexity index is 295. The van der Waals surface area contributed by atoms with Crippen LogP contribution in [0.3, 0.4) is 0 Å². The standard InChI is InChI=1S/C17H28/c1-13-6-7-14-12-15(8-9-16(13)14)17(2)10-4-3-5-11-17/h14-16H,1,3-12H2,2H3. The van der Waals surface area contributed by atoms with Crippen LogP contribution >= 0.6 is 0 Å². The fourth-order valence-corrected chi connectivity index (χ4v) is 5.08. The highest BCUT2D eigenvalue weighted by atomic mass is 14.5. The second kappa shape index (κ2) is 4.44. The summed E-state index contributed by atoms with van der Waals surface area (Å²) in [5.41, 5.74) is 2.29. The monoisotopic (exact) mass is 232 g/mol. The van der Waals surface area contributed by atoms with Crippen LogP contribution in [-0.2, 0) is 0 Å². The molecule has 0 heterocycles. The lowest BCUT2D eigenvalue weighted by Crippen LogP contribution is -2.35. The molecule has 0 saturated heterocycles. The van der Waals surface area contributed by atoms with Crippen molar-refractivity contribution in [1.82, 2.24) is 0 Å². The van der Waals surface area contributed by atoms with Gasteiger partial charge in [0.25, 0.3) is 0 Å². The minimum Gasteiger partial charge on any atom is -0.0996 e. The highest BCUT2D eigenvalue weighted by Gasteiger charge is 2.43. The predicted molar refractivity (Wildman–Crippen MR) is 73.9 cm³/mol. The van der Waals surface area contributed by atoms with Crippen molar-refractivity contribution in [2.75, 3.05) is 0 Å². The van der Waals surface area contributed by atoms with Gasteiger partial charge >= 0.3 is 0 Å². The Kier molecular flexibility index (Phi) is 3.09. The van der Waals surface area contributed by atoms with Gasteiger partial charge in [-0.25, -0.2) is 0 Å². The third kappa shape index (κ3) is 2.09. The van der Waals surface area contributed by atoms with Crippen molar-refractivity contribution in [3.8, 4) is 0 Å². The molecule has 3 saturated carbocycles. The number of fused-ring (bicyclic) bond motifs is 1. The molecule has 3 atom stereocenters. The van der Waals surface area contributed by atoms with E-state index in [4.69, 9.17) is 0 Å². The molecule has 3 fully saturated rings. The van der Waals surface area contributed by atoms with E-state index in [-0.39, 0.29) is 0 Å². The van der Waals surface area contributed by atoms with Crippen molar-refractivity contribution < 1.29 is 0 Å². The Balaban J connectivity index is 1.68. The van der Waals surface area contributed by atoms with E-state index in [0.717, 1.165) is 17.8 Å². The first kappa shape index (κ1) is 11.8. The molecule has 0 aliphatic heterocycles. The lowest BCUT2D eigenvalue weighted by atomic mass is 9.60. The summed E-state index contributed by atoms with van der Waals surface area (Å²) in [5, 5.41) is 0. The van der Waals surface area contributed by atoms with Crippen LogP contribution in [0.1, 0.15) is 71.1 Å². The van der Waals surface area contributed by atoms with Gasteiger partial charge in [-0.05, 0) is 68.1 Å². The van der Waals surface area contributed by atoms with Gasteiger partial charge in [-0.2, -0.15) is 0 Å². The van der Waals surface area contributed by atoms with Crippen LogP contribution in [0.4, 0.5) is 0 Å². The fraction of sp³-hybridized carbons (Fsp3) is 0.882. The molecule has 0 aromatic carbocycles. The zero-order valence-corrected chi connectivity index (χ0v) is 11.5. The summed E-state index contributed by atoms with van der Waals surface area (Å²) >= 11 is 0. The van der Waals surface area contributed by atoms with Crippen molar-refractivity contribution in [1.29, 1.82) is 0 Å². The van der Waals surface area contributed by atoms with Crippen LogP contribution in [0.5, 0.6) is 0 Å². The van der Waals surface area contributed by atoms with E-state index in [1.54, 1.807) is 5.57 Å². The molecule has 3 aliphatic carbocycles. The second-order valence-electron chi connectivity index (χ2n) is 7.29. The lowest BCUT2D eigenvalue weighted by Gasteiger charge is -2.45. The Labute approximate surface area is 107 Å². The van der Waals surface area contributed by atoms with Gasteiger partial charge in [0.05, 0.1) is 0 Å². The van der Waals surface area contributed by atoms with Crippen LogP contribution in [0, 0.1) is 23.2 Å². The van der Waals surface area contributed by atoms with E-state index in [1.807, 2.05) is 0 Å². The molecular weight excluding hydrogens is 204 g/mol. The van der Waals surface area contributed by atoms with Gasteiger partial charge < -0.3 is 0 Å². The van der Waals surface area contributed by atoms with Crippen molar-refractivity contribution in [3.63, 3.8) is 0 Å². The molecule has 0 amide bonds. The summed E-state index contributed by atoms with van der Waals surface area (Å²) in [6.45, 7) is 6.89. The van der Waals surface area contributed by atoms with Gasteiger partial charge in [0, 0.05) is 0 Å². The van der Waals surface area contributed by atoms with Gasteiger partial charge in [0.1, 0.15) is 0 Å². The van der Waals surface area contributed by atoms with Crippen LogP contribution in [0.2, 0.25) is 0 Å². The van der Waals surface area contributed by atoms with Crippen LogP contribution in [0.15, 0.2) is 12.2 Å². The van der Waals surface area contributed by atoms with E-state index in [9.17, 15) is 0 Å². The first-order valence-electron chi connectivity index (χ1n) is 7.87. The predicted octanol–water partition coefficient (Wildman–Crippen LogP) is 5.34. The Morgan fingerprint density at radius 3 is 2.59 bits per heavy atom. The van der Waals surface area contributed by atoms with Gasteiger partial charge in [-0.15, -0.1) is 0 Å². The van der Waals surface area contributed by atoms with Gasteiger partial charge in [0.15, 0.2) is 0 Å². The molecule has 0 N–H and O–H groups in total. The van der Waals surface area contributed by atoms with Crippen LogP contribution < -0.4 is 0 Å². The number of allylic oxidation sites excluding steroid dienone is 1. The SMILES string of the molecule is C=C1CCC2CC(C3(C)CCCCC3)CCC12.